The van der Waals surface area contributed by atoms with Crippen LogP contribution in [0.15, 0.2) is 22.1 Å². The number of piperidine rings is 2. The van der Waals surface area contributed by atoms with Gasteiger partial charge in [-0.05, 0) is 192 Å². The molecule has 0 atom stereocenters. The number of hydrogen-bond donors (Lipinski definition) is 3. The normalized spacial score (nSPS) is 24.9. The molecule has 7 aliphatic rings. The summed E-state index contributed by atoms with van der Waals surface area (Å²) < 4.78 is 64.7. The van der Waals surface area contributed by atoms with E-state index in [9.17, 15) is 36.0 Å². The van der Waals surface area contributed by atoms with Gasteiger partial charge >= 0.3 is 11.3 Å². The van der Waals surface area contributed by atoms with E-state index >= 15 is 0 Å². The number of halogens is 1. The molecule has 20 heteroatoms. The number of carbonyl (C=O) groups is 4. The van der Waals surface area contributed by atoms with Gasteiger partial charge in [-0.25, -0.2) is 25.4 Å². The van der Waals surface area contributed by atoms with E-state index < -0.39 is 36.7 Å². The van der Waals surface area contributed by atoms with Crippen molar-refractivity contribution in [2.24, 2.45) is 33.7 Å². The van der Waals surface area contributed by atoms with Gasteiger partial charge in [-0.1, -0.05) is 45.6 Å². The van der Waals surface area contributed by atoms with Gasteiger partial charge in [0, 0.05) is 58.4 Å². The Hall–Kier alpha value is -4.05. The van der Waals surface area contributed by atoms with Crippen molar-refractivity contribution in [2.75, 3.05) is 43.4 Å². The van der Waals surface area contributed by atoms with Crippen LogP contribution in [-0.4, -0.2) is 120 Å². The summed E-state index contributed by atoms with van der Waals surface area (Å²) in [6, 6.07) is 3.79. The van der Waals surface area contributed by atoms with Crippen LogP contribution in [0, 0.1) is 61.6 Å². The summed E-state index contributed by atoms with van der Waals surface area (Å²) in [7, 11) is -7.02. The van der Waals surface area contributed by atoms with E-state index in [-0.39, 0.29) is 61.1 Å². The van der Waals surface area contributed by atoms with Crippen LogP contribution in [0.3, 0.4) is 0 Å². The number of nitrogens with two attached hydrogens (primary N) is 1. The third kappa shape index (κ3) is 12.4. The molecule has 5 heterocycles. The molecule has 2 aliphatic carbocycles. The van der Waals surface area contributed by atoms with Crippen molar-refractivity contribution in [3.05, 3.63) is 66.9 Å². The van der Waals surface area contributed by atoms with Crippen molar-refractivity contribution in [1.29, 1.82) is 0 Å². The van der Waals surface area contributed by atoms with Crippen LogP contribution < -0.4 is 16.4 Å². The van der Waals surface area contributed by atoms with Gasteiger partial charge in [0.1, 0.15) is 22.7 Å². The number of nitrogens with zero attached hydrogens (tertiary/aromatic N) is 5. The van der Waals surface area contributed by atoms with Crippen molar-refractivity contribution in [1.82, 2.24) is 24.1 Å². The van der Waals surface area contributed by atoms with Crippen LogP contribution in [0.2, 0.25) is 0 Å². The Bertz CT molecular complexity index is 2920. The summed E-state index contributed by atoms with van der Waals surface area (Å²) >= 11 is 2.22. The molecule has 17 nitrogen and oxygen atoms in total. The number of nitrogen functional groups attached to an aromatic ring is 1. The number of rotatable bonds is 10. The molecule has 0 aromatic heterocycles. The zero-order valence-electron chi connectivity index (χ0n) is 46.0. The quantitative estimate of drug-likeness (QED) is 0.0715. The topological polar surface area (TPSA) is 241 Å². The average molecular weight is 1200 g/mol. The second-order valence-electron chi connectivity index (χ2n) is 23.7. The predicted octanol–water partition coefficient (Wildman–Crippen LogP) is 7.20. The summed E-state index contributed by atoms with van der Waals surface area (Å²) in [6.07, 6.45) is 11.4. The van der Waals surface area contributed by atoms with E-state index in [1.807, 2.05) is 60.6 Å². The van der Waals surface area contributed by atoms with Crippen molar-refractivity contribution >= 4 is 83.6 Å². The molecule has 2 saturated carbocycles. The van der Waals surface area contributed by atoms with Crippen LogP contribution in [0.4, 0.5) is 5.69 Å². The Balaban J connectivity index is 0.000000219. The number of aliphatic imine (C=N–C) groups is 2. The minimum atomic E-state index is -3.59. The molecular formula is C56H79IN8O9S2. The summed E-state index contributed by atoms with van der Waals surface area (Å²) in [5, 5.41) is 6.10. The number of amidine groups is 2. The first-order valence-electron chi connectivity index (χ1n) is 27.2. The molecule has 416 valence electrons. The summed E-state index contributed by atoms with van der Waals surface area (Å²) in [4.78, 5) is 63.2. The maximum absolute atomic E-state index is 13.5. The number of fused-ring (bicyclic) bond motifs is 1. The number of carbonyl (C=O) groups excluding carboxylic acids is 4. The van der Waals surface area contributed by atoms with E-state index in [1.54, 1.807) is 4.31 Å². The molecule has 5 aliphatic heterocycles. The number of amides is 4. The van der Waals surface area contributed by atoms with Crippen molar-refractivity contribution in [2.45, 2.75) is 175 Å². The van der Waals surface area contributed by atoms with E-state index in [4.69, 9.17) is 20.4 Å². The zero-order valence-corrected chi connectivity index (χ0v) is 49.8. The van der Waals surface area contributed by atoms with Gasteiger partial charge in [0.25, 0.3) is 17.7 Å². The van der Waals surface area contributed by atoms with E-state index in [0.29, 0.717) is 74.1 Å². The molecule has 9 rings (SSSR count). The van der Waals surface area contributed by atoms with Crippen LogP contribution in [0.25, 0.3) is 0 Å². The molecule has 76 heavy (non-hydrogen) atoms. The first kappa shape index (κ1) is 59.6. The van der Waals surface area contributed by atoms with E-state index in [2.05, 4.69) is 53.7 Å². The summed E-state index contributed by atoms with van der Waals surface area (Å²) in [5.41, 5.74) is 11.3. The monoisotopic (exact) mass is 1200 g/mol. The van der Waals surface area contributed by atoms with Crippen LogP contribution in [0.1, 0.15) is 161 Å². The Kier molecular flexibility index (Phi) is 18.3. The van der Waals surface area contributed by atoms with Gasteiger partial charge < -0.3 is 16.4 Å². The number of hydrogen-bond acceptors (Lipinski definition) is 11. The Morgan fingerprint density at radius 3 is 1.49 bits per heavy atom. The summed E-state index contributed by atoms with van der Waals surface area (Å²) in [5.74, 6) is 3.03. The fourth-order valence-corrected chi connectivity index (χ4v) is 16.1. The fraction of sp³-hybridized carbons (Fsp3) is 0.661. The number of sulfonamides is 2. The molecule has 2 saturated heterocycles. The Morgan fingerprint density at radius 2 is 1.08 bits per heavy atom. The van der Waals surface area contributed by atoms with Crippen LogP contribution in [-0.2, 0) is 58.3 Å². The first-order chi connectivity index (χ1) is 35.6. The van der Waals surface area contributed by atoms with Crippen LogP contribution >= 0.6 is 22.6 Å². The van der Waals surface area contributed by atoms with Gasteiger partial charge in [-0.3, -0.25) is 34.1 Å². The number of nitrogens with one attached hydrogen (secondary N) is 2. The molecule has 2 spiro atoms. The number of benzene rings is 2. The molecular weight excluding hydrogens is 1120 g/mol. The van der Waals surface area contributed by atoms with Gasteiger partial charge in [-0.15, -0.1) is 0 Å². The SMILES string of the molecule is Cc1cc(N)c(I)c(C)c1CCS(=O)(=O)N1CCC2(CC1)N=C(C1CCC(C)CC1)NC2=O.Cc1cc2c(c(C)c1CCS(=O)(=O)N1CCC3(CC1)N=C(C1CCC(C)CC1)NC3=O)C(=O)N(C(C)(C)C)C(=O)C2.[C-]#[O+]. The minimum absolute atomic E-state index is 0.0455. The van der Waals surface area contributed by atoms with Crippen molar-refractivity contribution in [3.63, 3.8) is 0 Å². The fourth-order valence-electron chi connectivity index (χ4n) is 12.7. The zero-order chi connectivity index (χ0) is 55.9. The van der Waals surface area contributed by atoms with E-state index in [1.165, 1.54) is 22.0 Å². The number of aryl methyl sites for hydroxylation is 2. The average Bonchev–Trinajstić information content (AvgIpc) is 3.86. The second kappa shape index (κ2) is 23.3. The molecule has 2 aromatic rings. The van der Waals surface area contributed by atoms with Crippen molar-refractivity contribution in [3.8, 4) is 0 Å². The first-order valence-corrected chi connectivity index (χ1v) is 31.5. The molecule has 0 radical (unpaired) electrons. The van der Waals surface area contributed by atoms with Gasteiger partial charge in [-0.2, -0.15) is 0 Å². The molecule has 4 fully saturated rings. The maximum atomic E-state index is 13.5. The number of anilines is 1. The third-order valence-corrected chi connectivity index (χ3v) is 22.7. The van der Waals surface area contributed by atoms with Gasteiger partial charge in [0.05, 0.1) is 17.9 Å². The Morgan fingerprint density at radius 1 is 0.684 bits per heavy atom. The van der Waals surface area contributed by atoms with E-state index in [0.717, 1.165) is 98.8 Å². The molecule has 2 aromatic carbocycles. The number of imide groups is 1. The molecule has 4 N–H and O–H groups in total. The van der Waals surface area contributed by atoms with Gasteiger partial charge in [0.15, 0.2) is 0 Å². The molecule has 0 bridgehead atoms. The Labute approximate surface area is 464 Å². The third-order valence-electron chi connectivity index (χ3n) is 17.5. The standard InChI is InChI=1S/C31H44N4O5S.C24H35IN4O3S.CO/c1-19-7-9-22(10-8-19)27-32-29(38)31(33-27)12-14-34(15-13-31)41(39,40)16-11-24-20(2)17-23-18-25(36)35(30(4,5)6)28(37)26(23)21(24)3;1-15-4-6-18(7-5-15)22-27-23(30)24(28-22)9-11-29(12-10-24)33(31,32)13-8-19-16(2)14-20(26)21(25)17(19)3;1-2/h17,19,22H,7-16,18H2,1-6H3,(H,32,33,38);14-15,18H,4-13,26H2,1-3H3,(H,27,28,30);. The molecule has 0 unspecified atom stereocenters. The van der Waals surface area contributed by atoms with Crippen molar-refractivity contribution < 1.29 is 40.7 Å². The van der Waals surface area contributed by atoms with Crippen LogP contribution in [0.5, 0.6) is 0 Å². The predicted molar refractivity (Wildman–Crippen MR) is 303 cm³/mol. The second-order valence-corrected chi connectivity index (χ2v) is 29.0. The summed E-state index contributed by atoms with van der Waals surface area (Å²) in [6.45, 7) is 23.5. The van der Waals surface area contributed by atoms with Gasteiger partial charge in [0.2, 0.25) is 26.0 Å². The molecule has 4 amide bonds.